The van der Waals surface area contributed by atoms with Crippen LogP contribution < -0.4 is 5.73 Å². The minimum Gasteiger partial charge on any atom is -0.389 e. The van der Waals surface area contributed by atoms with E-state index in [0.29, 0.717) is 25.1 Å². The highest BCUT2D eigenvalue weighted by Gasteiger charge is 2.27. The normalized spacial score (nSPS) is 28.3. The second-order valence-electron chi connectivity index (χ2n) is 4.90. The Kier molecular flexibility index (Phi) is 6.28. The van der Waals surface area contributed by atoms with E-state index in [2.05, 4.69) is 11.9 Å². The monoisotopic (exact) mass is 230 g/mol. The maximum Gasteiger partial charge on any atom is 0.0900 e. The maximum absolute atomic E-state index is 9.71. The third-order valence-electron chi connectivity index (χ3n) is 3.60. The predicted octanol–water partition coefficient (Wildman–Crippen LogP) is 0.443. The molecule has 1 fully saturated rings. The number of nitrogens with zero attached hydrogens (tertiary/aromatic N) is 1. The lowest BCUT2D eigenvalue weighted by Crippen LogP contribution is -2.46. The van der Waals surface area contributed by atoms with E-state index in [1.807, 2.05) is 0 Å². The molecule has 0 saturated heterocycles. The molecule has 4 nitrogen and oxygen atoms in total. The molecule has 0 bridgehead atoms. The van der Waals surface area contributed by atoms with Gasteiger partial charge in [0, 0.05) is 19.7 Å². The highest BCUT2D eigenvalue weighted by atomic mass is 16.5. The molecule has 4 heteroatoms. The van der Waals surface area contributed by atoms with Crippen molar-refractivity contribution in [2.45, 2.75) is 37.8 Å². The van der Waals surface area contributed by atoms with Crippen LogP contribution in [-0.2, 0) is 4.74 Å². The first-order valence-corrected chi connectivity index (χ1v) is 6.26. The molecule has 1 aliphatic rings. The van der Waals surface area contributed by atoms with E-state index in [0.717, 1.165) is 6.54 Å². The summed E-state index contributed by atoms with van der Waals surface area (Å²) in [6.07, 6.45) is 4.62. The average Bonchev–Trinajstić information content (AvgIpc) is 2.29. The Morgan fingerprint density at radius 2 is 2.12 bits per heavy atom. The lowest BCUT2D eigenvalue weighted by atomic mass is 9.83. The first-order valence-electron chi connectivity index (χ1n) is 6.26. The first-order chi connectivity index (χ1) is 7.69. The summed E-state index contributed by atoms with van der Waals surface area (Å²) in [5, 5.41) is 9.71. The van der Waals surface area contributed by atoms with Crippen molar-refractivity contribution in [3.8, 4) is 0 Å². The van der Waals surface area contributed by atoms with Crippen molar-refractivity contribution in [2.24, 2.45) is 11.7 Å². The fourth-order valence-corrected chi connectivity index (χ4v) is 2.76. The maximum atomic E-state index is 9.71. The molecule has 0 aromatic carbocycles. The zero-order valence-electron chi connectivity index (χ0n) is 10.6. The molecule has 0 amide bonds. The molecular weight excluding hydrogens is 204 g/mol. The van der Waals surface area contributed by atoms with E-state index in [9.17, 15) is 5.11 Å². The van der Waals surface area contributed by atoms with Gasteiger partial charge in [-0.25, -0.2) is 0 Å². The standard InChI is InChI=1S/C12H26N2O2/c1-14(8-11(15)9-16-2)12-6-4-3-5-10(12)7-13/h10-12,15H,3-9,13H2,1-2H3. The molecule has 0 heterocycles. The highest BCUT2D eigenvalue weighted by Crippen LogP contribution is 2.27. The van der Waals surface area contributed by atoms with Crippen molar-refractivity contribution in [1.82, 2.24) is 4.90 Å². The summed E-state index contributed by atoms with van der Waals surface area (Å²) in [4.78, 5) is 2.25. The molecule has 0 aromatic rings. The number of hydrogen-bond acceptors (Lipinski definition) is 4. The van der Waals surface area contributed by atoms with Gasteiger partial charge in [0.2, 0.25) is 0 Å². The number of methoxy groups -OCH3 is 1. The molecule has 96 valence electrons. The fourth-order valence-electron chi connectivity index (χ4n) is 2.76. The Labute approximate surface area is 98.8 Å². The van der Waals surface area contributed by atoms with Gasteiger partial charge in [-0.2, -0.15) is 0 Å². The Hall–Kier alpha value is -0.160. The predicted molar refractivity (Wildman–Crippen MR) is 65.3 cm³/mol. The van der Waals surface area contributed by atoms with Crippen LogP contribution in [0.15, 0.2) is 0 Å². The zero-order valence-corrected chi connectivity index (χ0v) is 10.6. The van der Waals surface area contributed by atoms with Gasteiger partial charge in [0.05, 0.1) is 12.7 Å². The summed E-state index contributed by atoms with van der Waals surface area (Å²) in [6.45, 7) is 1.84. The molecule has 3 atom stereocenters. The van der Waals surface area contributed by atoms with E-state index in [4.69, 9.17) is 10.5 Å². The topological polar surface area (TPSA) is 58.7 Å². The molecule has 0 spiro atoms. The largest absolute Gasteiger partial charge is 0.389 e. The number of likely N-dealkylation sites (N-methyl/N-ethyl adjacent to an activating group) is 1. The van der Waals surface area contributed by atoms with Gasteiger partial charge in [-0.1, -0.05) is 12.8 Å². The molecule has 1 aliphatic carbocycles. The van der Waals surface area contributed by atoms with E-state index in [-0.39, 0.29) is 0 Å². The molecule has 3 unspecified atom stereocenters. The third kappa shape index (κ3) is 4.01. The summed E-state index contributed by atoms with van der Waals surface area (Å²) >= 11 is 0. The van der Waals surface area contributed by atoms with E-state index in [1.165, 1.54) is 25.7 Å². The SMILES string of the molecule is COCC(O)CN(C)C1CCCCC1CN. The minimum absolute atomic E-state index is 0.393. The van der Waals surface area contributed by atoms with E-state index < -0.39 is 6.10 Å². The lowest BCUT2D eigenvalue weighted by Gasteiger charge is -2.38. The van der Waals surface area contributed by atoms with Crippen LogP contribution in [0.4, 0.5) is 0 Å². The van der Waals surface area contributed by atoms with Crippen molar-refractivity contribution >= 4 is 0 Å². The van der Waals surface area contributed by atoms with Gasteiger partial charge in [-0.3, -0.25) is 0 Å². The van der Waals surface area contributed by atoms with Crippen molar-refractivity contribution in [1.29, 1.82) is 0 Å². The molecular formula is C12H26N2O2. The fraction of sp³-hybridized carbons (Fsp3) is 1.00. The highest BCUT2D eigenvalue weighted by molar-refractivity contribution is 4.83. The van der Waals surface area contributed by atoms with Gasteiger partial charge in [0.1, 0.15) is 0 Å². The Bertz CT molecular complexity index is 190. The van der Waals surface area contributed by atoms with E-state index >= 15 is 0 Å². The van der Waals surface area contributed by atoms with Crippen LogP contribution in [0, 0.1) is 5.92 Å². The Morgan fingerprint density at radius 3 is 2.75 bits per heavy atom. The Morgan fingerprint density at radius 1 is 1.44 bits per heavy atom. The van der Waals surface area contributed by atoms with Crippen molar-refractivity contribution in [2.75, 3.05) is 33.9 Å². The van der Waals surface area contributed by atoms with Crippen LogP contribution in [-0.4, -0.2) is 56.0 Å². The minimum atomic E-state index is -0.393. The second-order valence-corrected chi connectivity index (χ2v) is 4.90. The zero-order chi connectivity index (χ0) is 12.0. The van der Waals surface area contributed by atoms with Crippen LogP contribution in [0.3, 0.4) is 0 Å². The molecule has 1 rings (SSSR count). The number of aliphatic hydroxyl groups excluding tert-OH is 1. The summed E-state index contributed by atoms with van der Waals surface area (Å²) < 4.78 is 4.94. The summed E-state index contributed by atoms with van der Waals surface area (Å²) in [5.74, 6) is 0.591. The van der Waals surface area contributed by atoms with Crippen LogP contribution in [0.25, 0.3) is 0 Å². The molecule has 0 aromatic heterocycles. The number of ether oxygens (including phenoxy) is 1. The molecule has 1 saturated carbocycles. The third-order valence-corrected chi connectivity index (χ3v) is 3.60. The van der Waals surface area contributed by atoms with Crippen LogP contribution in [0.2, 0.25) is 0 Å². The number of nitrogens with two attached hydrogens (primary N) is 1. The van der Waals surface area contributed by atoms with Gasteiger partial charge >= 0.3 is 0 Å². The van der Waals surface area contributed by atoms with Gasteiger partial charge in [-0.15, -0.1) is 0 Å². The number of aliphatic hydroxyl groups is 1. The molecule has 0 aliphatic heterocycles. The van der Waals surface area contributed by atoms with Crippen LogP contribution >= 0.6 is 0 Å². The number of hydrogen-bond donors (Lipinski definition) is 2. The average molecular weight is 230 g/mol. The molecule has 0 radical (unpaired) electrons. The lowest BCUT2D eigenvalue weighted by molar-refractivity contribution is 0.0210. The Balaban J connectivity index is 2.40. The van der Waals surface area contributed by atoms with Gasteiger partial charge < -0.3 is 20.5 Å². The van der Waals surface area contributed by atoms with Gasteiger partial charge in [-0.05, 0) is 32.4 Å². The molecule has 16 heavy (non-hydrogen) atoms. The van der Waals surface area contributed by atoms with E-state index in [1.54, 1.807) is 7.11 Å². The van der Waals surface area contributed by atoms with Gasteiger partial charge in [0.15, 0.2) is 0 Å². The van der Waals surface area contributed by atoms with Gasteiger partial charge in [0.25, 0.3) is 0 Å². The second kappa shape index (κ2) is 7.22. The smallest absolute Gasteiger partial charge is 0.0900 e. The number of rotatable bonds is 6. The van der Waals surface area contributed by atoms with Crippen LogP contribution in [0.5, 0.6) is 0 Å². The summed E-state index contributed by atoms with van der Waals surface area (Å²) in [6, 6.07) is 0.533. The molecule has 3 N–H and O–H groups in total. The summed E-state index contributed by atoms with van der Waals surface area (Å²) in [7, 11) is 3.70. The quantitative estimate of drug-likeness (QED) is 0.695. The van der Waals surface area contributed by atoms with Crippen molar-refractivity contribution < 1.29 is 9.84 Å². The van der Waals surface area contributed by atoms with Crippen molar-refractivity contribution in [3.63, 3.8) is 0 Å². The van der Waals surface area contributed by atoms with Crippen molar-refractivity contribution in [3.05, 3.63) is 0 Å². The summed E-state index contributed by atoms with van der Waals surface area (Å²) in [5.41, 5.74) is 5.81. The first kappa shape index (κ1) is 13.9. The van der Waals surface area contributed by atoms with Crippen LogP contribution in [0.1, 0.15) is 25.7 Å².